The highest BCUT2D eigenvalue weighted by Gasteiger charge is 2.54. The molecular formula is C25H33N3O3S. The number of benzene rings is 1. The van der Waals surface area contributed by atoms with Crippen LogP contribution >= 0.6 is 11.3 Å². The first kappa shape index (κ1) is 22.8. The minimum atomic E-state index is -0.761. The van der Waals surface area contributed by atoms with Gasteiger partial charge in [0, 0.05) is 22.8 Å². The molecule has 1 N–H and O–H groups in total. The van der Waals surface area contributed by atoms with Gasteiger partial charge in [0.25, 0.3) is 5.91 Å². The topological polar surface area (TPSA) is 61.9 Å². The van der Waals surface area contributed by atoms with Crippen LogP contribution in [-0.2, 0) is 17.8 Å². The maximum Gasteiger partial charge on any atom is 0.325 e. The molecule has 2 fully saturated rings. The van der Waals surface area contributed by atoms with Crippen molar-refractivity contribution < 1.29 is 14.3 Å². The van der Waals surface area contributed by atoms with E-state index in [1.807, 2.05) is 42.5 Å². The zero-order valence-corrected chi connectivity index (χ0v) is 20.0. The SMILES string of the molecule is CCC1(C2CCN(Cc3ccc(C)s3)CC2)NC(=O)N(CCc2ccc(OC)cc2)C1=O. The van der Waals surface area contributed by atoms with E-state index in [4.69, 9.17) is 4.74 Å². The minimum absolute atomic E-state index is 0.0501. The summed E-state index contributed by atoms with van der Waals surface area (Å²) in [6.45, 7) is 7.44. The number of hydrogen-bond donors (Lipinski definition) is 1. The molecule has 2 aromatic rings. The second-order valence-corrected chi connectivity index (χ2v) is 10.2. The van der Waals surface area contributed by atoms with Gasteiger partial charge in [0.1, 0.15) is 11.3 Å². The number of likely N-dealkylation sites (tertiary alicyclic amines) is 1. The van der Waals surface area contributed by atoms with Gasteiger partial charge in [0.05, 0.1) is 7.11 Å². The number of thiophene rings is 1. The van der Waals surface area contributed by atoms with E-state index in [1.165, 1.54) is 14.7 Å². The highest BCUT2D eigenvalue weighted by molar-refractivity contribution is 7.11. The number of ether oxygens (including phenoxy) is 1. The van der Waals surface area contributed by atoms with Crippen LogP contribution in [-0.4, -0.2) is 54.0 Å². The van der Waals surface area contributed by atoms with E-state index >= 15 is 0 Å². The molecule has 1 atom stereocenters. The fraction of sp³-hybridized carbons (Fsp3) is 0.520. The summed E-state index contributed by atoms with van der Waals surface area (Å²) in [7, 11) is 1.64. The Kier molecular flexibility index (Phi) is 6.86. The third-order valence-corrected chi connectivity index (χ3v) is 7.99. The van der Waals surface area contributed by atoms with Crippen LogP contribution in [0.4, 0.5) is 4.79 Å². The summed E-state index contributed by atoms with van der Waals surface area (Å²) in [5.41, 5.74) is 0.320. The first-order valence-corrected chi connectivity index (χ1v) is 12.3. The van der Waals surface area contributed by atoms with Crippen molar-refractivity contribution in [3.63, 3.8) is 0 Å². The lowest BCUT2D eigenvalue weighted by atomic mass is 9.75. The molecule has 0 spiro atoms. The predicted octanol–water partition coefficient (Wildman–Crippen LogP) is 4.22. The van der Waals surface area contributed by atoms with Gasteiger partial charge in [-0.3, -0.25) is 14.6 Å². The second kappa shape index (κ2) is 9.63. The minimum Gasteiger partial charge on any atom is -0.497 e. The quantitative estimate of drug-likeness (QED) is 0.606. The zero-order valence-electron chi connectivity index (χ0n) is 19.2. The van der Waals surface area contributed by atoms with Crippen molar-refractivity contribution in [2.24, 2.45) is 5.92 Å². The maximum atomic E-state index is 13.5. The fourth-order valence-electron chi connectivity index (χ4n) is 5.06. The predicted molar refractivity (Wildman–Crippen MR) is 127 cm³/mol. The monoisotopic (exact) mass is 455 g/mol. The van der Waals surface area contributed by atoms with E-state index < -0.39 is 5.54 Å². The Balaban J connectivity index is 1.37. The van der Waals surface area contributed by atoms with Crippen LogP contribution in [0.1, 0.15) is 41.5 Å². The number of methoxy groups -OCH3 is 1. The van der Waals surface area contributed by atoms with Crippen LogP contribution in [0.5, 0.6) is 5.75 Å². The molecule has 1 aromatic carbocycles. The molecular weight excluding hydrogens is 422 g/mol. The summed E-state index contributed by atoms with van der Waals surface area (Å²) in [5.74, 6) is 0.927. The van der Waals surface area contributed by atoms with Gasteiger partial charge in [-0.2, -0.15) is 0 Å². The number of rotatable bonds is 8. The Morgan fingerprint density at radius 2 is 1.84 bits per heavy atom. The number of urea groups is 1. The highest BCUT2D eigenvalue weighted by Crippen LogP contribution is 2.36. The van der Waals surface area contributed by atoms with E-state index in [9.17, 15) is 9.59 Å². The standard InChI is InChI=1S/C25H33N3O3S/c1-4-25(20-12-14-27(15-13-20)17-22-10-5-18(2)32-22)23(29)28(24(30)26-25)16-11-19-6-8-21(31-3)9-7-19/h5-10,20H,4,11-17H2,1-3H3,(H,26,30). The van der Waals surface area contributed by atoms with Crippen LogP contribution < -0.4 is 10.1 Å². The summed E-state index contributed by atoms with van der Waals surface area (Å²) in [6, 6.07) is 11.9. The number of aryl methyl sites for hydroxylation is 1. The number of nitrogens with zero attached hydrogens (tertiary/aromatic N) is 2. The summed E-state index contributed by atoms with van der Waals surface area (Å²) >= 11 is 1.85. The molecule has 1 unspecified atom stereocenters. The molecule has 3 amide bonds. The van der Waals surface area contributed by atoms with Crippen molar-refractivity contribution in [2.45, 2.75) is 51.6 Å². The van der Waals surface area contributed by atoms with E-state index in [0.717, 1.165) is 43.8 Å². The number of carbonyl (C=O) groups is 2. The van der Waals surface area contributed by atoms with E-state index in [0.29, 0.717) is 19.4 Å². The number of nitrogens with one attached hydrogen (secondary N) is 1. The number of imide groups is 1. The lowest BCUT2D eigenvalue weighted by molar-refractivity contribution is -0.134. The van der Waals surface area contributed by atoms with E-state index in [-0.39, 0.29) is 17.9 Å². The Labute approximate surface area is 194 Å². The van der Waals surface area contributed by atoms with Gasteiger partial charge < -0.3 is 10.1 Å². The molecule has 3 heterocycles. The van der Waals surface area contributed by atoms with Crippen molar-refractivity contribution in [3.05, 3.63) is 51.7 Å². The van der Waals surface area contributed by atoms with Crippen LogP contribution in [0.15, 0.2) is 36.4 Å². The van der Waals surface area contributed by atoms with E-state index in [1.54, 1.807) is 7.11 Å². The molecule has 2 aliphatic heterocycles. The first-order chi connectivity index (χ1) is 15.4. The Morgan fingerprint density at radius 1 is 1.12 bits per heavy atom. The number of amides is 3. The summed E-state index contributed by atoms with van der Waals surface area (Å²) in [6.07, 6.45) is 3.13. The van der Waals surface area contributed by atoms with Gasteiger partial charge in [0.2, 0.25) is 0 Å². The van der Waals surface area contributed by atoms with Crippen LogP contribution in [0.2, 0.25) is 0 Å². The molecule has 6 nitrogen and oxygen atoms in total. The van der Waals surface area contributed by atoms with Crippen molar-refractivity contribution in [1.29, 1.82) is 0 Å². The smallest absolute Gasteiger partial charge is 0.325 e. The van der Waals surface area contributed by atoms with Crippen molar-refractivity contribution >= 4 is 23.3 Å². The average molecular weight is 456 g/mol. The molecule has 32 heavy (non-hydrogen) atoms. The van der Waals surface area contributed by atoms with Crippen LogP contribution in [0.3, 0.4) is 0 Å². The molecule has 2 aliphatic rings. The third-order valence-electron chi connectivity index (χ3n) is 7.00. The van der Waals surface area contributed by atoms with Gasteiger partial charge in [-0.05, 0) is 81.4 Å². The molecule has 1 aromatic heterocycles. The third kappa shape index (κ3) is 4.55. The summed E-state index contributed by atoms with van der Waals surface area (Å²) < 4.78 is 5.20. The molecule has 172 valence electrons. The Morgan fingerprint density at radius 3 is 2.44 bits per heavy atom. The van der Waals surface area contributed by atoms with Gasteiger partial charge in [-0.15, -0.1) is 11.3 Å². The highest BCUT2D eigenvalue weighted by atomic mass is 32.1. The Bertz CT molecular complexity index is 950. The van der Waals surface area contributed by atoms with Crippen LogP contribution in [0, 0.1) is 12.8 Å². The molecule has 2 saturated heterocycles. The normalized spacial score (nSPS) is 22.4. The van der Waals surface area contributed by atoms with Gasteiger partial charge in [-0.25, -0.2) is 4.79 Å². The lowest BCUT2D eigenvalue weighted by Crippen LogP contribution is -2.55. The first-order valence-electron chi connectivity index (χ1n) is 11.5. The molecule has 7 heteroatoms. The molecule has 4 rings (SSSR count). The van der Waals surface area contributed by atoms with E-state index in [2.05, 4.69) is 29.3 Å². The van der Waals surface area contributed by atoms with Gasteiger partial charge in [0.15, 0.2) is 0 Å². The Hall–Kier alpha value is -2.38. The molecule has 0 bridgehead atoms. The number of hydrogen-bond acceptors (Lipinski definition) is 5. The fourth-order valence-corrected chi connectivity index (χ4v) is 5.99. The number of piperidine rings is 1. The van der Waals surface area contributed by atoms with Gasteiger partial charge >= 0.3 is 6.03 Å². The molecule has 0 radical (unpaired) electrons. The largest absolute Gasteiger partial charge is 0.497 e. The van der Waals surface area contributed by atoms with Crippen LogP contribution in [0.25, 0.3) is 0 Å². The van der Waals surface area contributed by atoms with Crippen molar-refractivity contribution in [3.8, 4) is 5.75 Å². The molecule has 0 saturated carbocycles. The zero-order chi connectivity index (χ0) is 22.7. The van der Waals surface area contributed by atoms with Crippen molar-refractivity contribution in [1.82, 2.24) is 15.1 Å². The summed E-state index contributed by atoms with van der Waals surface area (Å²) in [5, 5.41) is 3.11. The lowest BCUT2D eigenvalue weighted by Gasteiger charge is -2.40. The summed E-state index contributed by atoms with van der Waals surface area (Å²) in [4.78, 5) is 32.9. The second-order valence-electron chi connectivity index (χ2n) is 8.87. The number of carbonyl (C=O) groups excluding carboxylic acids is 2. The molecule has 0 aliphatic carbocycles. The average Bonchev–Trinajstić information content (AvgIpc) is 3.33. The van der Waals surface area contributed by atoms with Crippen molar-refractivity contribution in [2.75, 3.05) is 26.7 Å². The maximum absolute atomic E-state index is 13.5. The van der Waals surface area contributed by atoms with Gasteiger partial charge in [-0.1, -0.05) is 19.1 Å².